The standard InChI is InChI=1S/C25H30F3N3O9/c1-14(33)38-21-18(13-32)40-20(22(21)39-15(2)34)17-11-16(12-31-23(17)36)7-6-10-29-19(35)8-4-3-5-9-30-24(37)25(26,27)28/h11-12,18,20-22,32H,3-5,8-10,13H2,1-2H3,(H,29,35)(H,30,37)(H,31,36)/t18-,20+,21-,22+/m1/s1. The zero-order valence-corrected chi connectivity index (χ0v) is 21.8. The van der Waals surface area contributed by atoms with E-state index >= 15 is 0 Å². The third-order valence-electron chi connectivity index (χ3n) is 5.56. The molecule has 0 aromatic carbocycles. The summed E-state index contributed by atoms with van der Waals surface area (Å²) in [6.07, 6.45) is -6.95. The molecule has 2 amide bonds. The van der Waals surface area contributed by atoms with Gasteiger partial charge in [0.1, 0.15) is 12.2 Å². The fraction of sp³-hybridized carbons (Fsp3) is 0.560. The number of ether oxygens (including phenoxy) is 3. The van der Waals surface area contributed by atoms with Crippen molar-refractivity contribution < 1.29 is 51.7 Å². The van der Waals surface area contributed by atoms with E-state index in [0.717, 1.165) is 13.8 Å². The molecule has 0 spiro atoms. The molecule has 1 aromatic rings. The van der Waals surface area contributed by atoms with Crippen LogP contribution in [0, 0.1) is 11.8 Å². The van der Waals surface area contributed by atoms with Gasteiger partial charge in [0.2, 0.25) is 5.91 Å². The third kappa shape index (κ3) is 10.0. The SMILES string of the molecule is CC(=O)O[C@@H]1[C@H](OC(C)=O)[C@@H](CO)O[C@H]1c1cc(C#CCNC(=O)CCCCCNC(=O)C(F)(F)F)c[nH]c1=O. The predicted molar refractivity (Wildman–Crippen MR) is 130 cm³/mol. The Kier molecular flexibility index (Phi) is 12.1. The molecule has 0 saturated carbocycles. The molecule has 15 heteroatoms. The quantitative estimate of drug-likeness (QED) is 0.166. The van der Waals surface area contributed by atoms with Crippen molar-refractivity contribution in [3.05, 3.63) is 33.7 Å². The molecule has 0 radical (unpaired) electrons. The van der Waals surface area contributed by atoms with Crippen LogP contribution in [0.3, 0.4) is 0 Å². The minimum Gasteiger partial charge on any atom is -0.456 e. The van der Waals surface area contributed by atoms with Crippen molar-refractivity contribution in [2.75, 3.05) is 19.7 Å². The van der Waals surface area contributed by atoms with Crippen LogP contribution in [0.15, 0.2) is 17.1 Å². The Hall–Kier alpha value is -3.90. The van der Waals surface area contributed by atoms with Crippen LogP contribution >= 0.6 is 0 Å². The second kappa shape index (κ2) is 15.0. The minimum atomic E-state index is -4.93. The Bertz CT molecular complexity index is 1190. The van der Waals surface area contributed by atoms with Crippen LogP contribution < -0.4 is 16.2 Å². The van der Waals surface area contributed by atoms with Gasteiger partial charge in [0, 0.05) is 38.6 Å². The number of nitrogens with one attached hydrogen (secondary N) is 3. The summed E-state index contributed by atoms with van der Waals surface area (Å²) in [6, 6.07) is 1.39. The number of alkyl halides is 3. The maximum Gasteiger partial charge on any atom is 0.471 e. The average Bonchev–Trinajstić information content (AvgIpc) is 3.19. The molecule has 1 fully saturated rings. The average molecular weight is 574 g/mol. The number of pyridine rings is 1. The molecule has 2 rings (SSSR count). The second-order valence-corrected chi connectivity index (χ2v) is 8.74. The molecule has 0 bridgehead atoms. The first-order chi connectivity index (χ1) is 18.8. The number of amides is 2. The maximum atomic E-state index is 12.6. The van der Waals surface area contributed by atoms with Crippen molar-refractivity contribution >= 4 is 23.8 Å². The summed E-state index contributed by atoms with van der Waals surface area (Å²) in [5.41, 5.74) is -0.243. The molecule has 4 N–H and O–H groups in total. The highest BCUT2D eigenvalue weighted by atomic mass is 19.4. The highest BCUT2D eigenvalue weighted by Gasteiger charge is 2.50. The van der Waals surface area contributed by atoms with Gasteiger partial charge in [-0.15, -0.1) is 0 Å². The van der Waals surface area contributed by atoms with Crippen LogP contribution in [0.2, 0.25) is 0 Å². The topological polar surface area (TPSA) is 173 Å². The number of hydrogen-bond donors (Lipinski definition) is 4. The lowest BCUT2D eigenvalue weighted by Crippen LogP contribution is -2.39. The number of aromatic amines is 1. The first-order valence-corrected chi connectivity index (χ1v) is 12.3. The number of aliphatic hydroxyl groups excluding tert-OH is 1. The first kappa shape index (κ1) is 32.3. The number of aromatic nitrogens is 1. The van der Waals surface area contributed by atoms with Crippen LogP contribution in [0.1, 0.15) is 56.8 Å². The molecule has 1 saturated heterocycles. The van der Waals surface area contributed by atoms with E-state index in [1.807, 2.05) is 0 Å². The number of esters is 2. The molecule has 0 aliphatic carbocycles. The van der Waals surface area contributed by atoms with Crippen LogP contribution in [-0.4, -0.2) is 78.0 Å². The van der Waals surface area contributed by atoms with Gasteiger partial charge >= 0.3 is 24.0 Å². The Morgan fingerprint density at radius 2 is 1.75 bits per heavy atom. The largest absolute Gasteiger partial charge is 0.471 e. The van der Waals surface area contributed by atoms with Crippen LogP contribution in [-0.2, 0) is 33.4 Å². The van der Waals surface area contributed by atoms with E-state index in [1.54, 1.807) is 5.32 Å². The summed E-state index contributed by atoms with van der Waals surface area (Å²) in [5, 5.41) is 14.0. The van der Waals surface area contributed by atoms with E-state index in [9.17, 15) is 42.3 Å². The van der Waals surface area contributed by atoms with Gasteiger partial charge in [0.05, 0.1) is 18.7 Å². The van der Waals surface area contributed by atoms with E-state index in [0.29, 0.717) is 18.4 Å². The second-order valence-electron chi connectivity index (χ2n) is 8.74. The molecule has 2 heterocycles. The number of carbonyl (C=O) groups is 4. The number of H-pyrrole nitrogens is 1. The fourth-order valence-electron chi connectivity index (χ4n) is 3.83. The Morgan fingerprint density at radius 3 is 2.38 bits per heavy atom. The molecule has 4 atom stereocenters. The summed E-state index contributed by atoms with van der Waals surface area (Å²) in [5.74, 6) is 1.72. The maximum absolute atomic E-state index is 12.6. The summed E-state index contributed by atoms with van der Waals surface area (Å²) in [6.45, 7) is 1.51. The monoisotopic (exact) mass is 573 g/mol. The smallest absolute Gasteiger partial charge is 0.456 e. The summed E-state index contributed by atoms with van der Waals surface area (Å²) >= 11 is 0. The molecule has 12 nitrogen and oxygen atoms in total. The van der Waals surface area contributed by atoms with Gasteiger partial charge in [0.15, 0.2) is 12.2 Å². The zero-order valence-electron chi connectivity index (χ0n) is 21.8. The summed E-state index contributed by atoms with van der Waals surface area (Å²) < 4.78 is 52.4. The third-order valence-corrected chi connectivity index (χ3v) is 5.56. The van der Waals surface area contributed by atoms with Crippen molar-refractivity contribution in [3.63, 3.8) is 0 Å². The van der Waals surface area contributed by atoms with Crippen LogP contribution in [0.5, 0.6) is 0 Å². The number of halogens is 3. The van der Waals surface area contributed by atoms with E-state index in [1.165, 1.54) is 12.3 Å². The lowest BCUT2D eigenvalue weighted by Gasteiger charge is -2.23. The minimum absolute atomic E-state index is 0.0154. The van der Waals surface area contributed by atoms with Gasteiger partial charge in [-0.3, -0.25) is 24.0 Å². The molecule has 220 valence electrons. The number of carbonyl (C=O) groups excluding carboxylic acids is 4. The number of unbranched alkanes of at least 4 members (excludes halogenated alkanes) is 2. The lowest BCUT2D eigenvalue weighted by atomic mass is 10.0. The highest BCUT2D eigenvalue weighted by Crippen LogP contribution is 2.36. The molecular formula is C25H30F3N3O9. The van der Waals surface area contributed by atoms with E-state index in [-0.39, 0.29) is 37.4 Å². The van der Waals surface area contributed by atoms with Gasteiger partial charge in [-0.2, -0.15) is 13.2 Å². The van der Waals surface area contributed by atoms with Crippen LogP contribution in [0.4, 0.5) is 13.2 Å². The lowest BCUT2D eigenvalue weighted by molar-refractivity contribution is -0.173. The van der Waals surface area contributed by atoms with Crippen molar-refractivity contribution in [1.82, 2.24) is 15.6 Å². The van der Waals surface area contributed by atoms with Gasteiger partial charge in [-0.25, -0.2) is 0 Å². The summed E-state index contributed by atoms with van der Waals surface area (Å²) in [7, 11) is 0. The molecule has 40 heavy (non-hydrogen) atoms. The van der Waals surface area contributed by atoms with Crippen molar-refractivity contribution in [1.29, 1.82) is 0 Å². The molecular weight excluding hydrogens is 543 g/mol. The van der Waals surface area contributed by atoms with Gasteiger partial charge < -0.3 is 34.9 Å². The fourth-order valence-corrected chi connectivity index (χ4v) is 3.83. The van der Waals surface area contributed by atoms with Gasteiger partial charge in [-0.1, -0.05) is 18.3 Å². The normalized spacial score (nSPS) is 20.1. The van der Waals surface area contributed by atoms with Crippen LogP contribution in [0.25, 0.3) is 0 Å². The van der Waals surface area contributed by atoms with Crippen molar-refractivity contribution in [2.24, 2.45) is 0 Å². The zero-order chi connectivity index (χ0) is 29.9. The van der Waals surface area contributed by atoms with Gasteiger partial charge in [0.25, 0.3) is 5.56 Å². The molecule has 1 aromatic heterocycles. The van der Waals surface area contributed by atoms with Crippen molar-refractivity contribution in [3.8, 4) is 11.8 Å². The van der Waals surface area contributed by atoms with E-state index in [2.05, 4.69) is 22.1 Å². The van der Waals surface area contributed by atoms with Gasteiger partial charge in [-0.05, 0) is 18.9 Å². The van der Waals surface area contributed by atoms with E-state index in [4.69, 9.17) is 14.2 Å². The summed E-state index contributed by atoms with van der Waals surface area (Å²) in [4.78, 5) is 60.9. The molecule has 1 aliphatic rings. The Morgan fingerprint density at radius 1 is 1.07 bits per heavy atom. The first-order valence-electron chi connectivity index (χ1n) is 12.3. The Labute approximate surface area is 226 Å². The molecule has 0 unspecified atom stereocenters. The predicted octanol–water partition coefficient (Wildman–Crippen LogP) is 0.377. The number of aliphatic hydroxyl groups is 1. The highest BCUT2D eigenvalue weighted by molar-refractivity contribution is 5.81. The number of hydrogen-bond acceptors (Lipinski definition) is 9. The number of rotatable bonds is 11. The Balaban J connectivity index is 1.93. The van der Waals surface area contributed by atoms with E-state index < -0.39 is 60.6 Å². The molecule has 1 aliphatic heterocycles. The van der Waals surface area contributed by atoms with Crippen molar-refractivity contribution in [2.45, 2.75) is 70.1 Å².